The van der Waals surface area contributed by atoms with Crippen molar-refractivity contribution in [3.63, 3.8) is 0 Å². The molecule has 0 aromatic heterocycles. The van der Waals surface area contributed by atoms with Crippen molar-refractivity contribution < 1.29 is 19.4 Å². The second-order valence-corrected chi connectivity index (χ2v) is 4.91. The smallest absolute Gasteiger partial charge is 0.246 e. The molecular weight excluding hydrogens is 258 g/mol. The number of nitrogens with one attached hydrogen (secondary N) is 1. The Morgan fingerprint density at radius 1 is 1.60 bits per heavy atom. The number of rotatable bonds is 5. The maximum Gasteiger partial charge on any atom is 0.246 e. The lowest BCUT2D eigenvalue weighted by Gasteiger charge is -2.27. The normalized spacial score (nSPS) is 18.9. The highest BCUT2D eigenvalue weighted by atomic mass is 16.5. The minimum atomic E-state index is -0.488. The molecule has 2 N–H and O–H groups in total. The van der Waals surface area contributed by atoms with E-state index in [4.69, 9.17) is 9.47 Å². The molecule has 0 bridgehead atoms. The van der Waals surface area contributed by atoms with E-state index < -0.39 is 6.10 Å². The first-order valence-electron chi connectivity index (χ1n) is 6.88. The molecule has 2 unspecified atom stereocenters. The van der Waals surface area contributed by atoms with Crippen LogP contribution in [0.15, 0.2) is 18.2 Å². The quantitative estimate of drug-likeness (QED) is 0.861. The fourth-order valence-corrected chi connectivity index (χ4v) is 2.37. The van der Waals surface area contributed by atoms with E-state index in [0.29, 0.717) is 19.4 Å². The van der Waals surface area contributed by atoms with Gasteiger partial charge >= 0.3 is 0 Å². The number of hydrogen-bond donors (Lipinski definition) is 2. The minimum absolute atomic E-state index is 0.0456. The molecule has 1 aromatic rings. The number of benzene rings is 1. The van der Waals surface area contributed by atoms with E-state index in [-0.39, 0.29) is 18.6 Å². The summed E-state index contributed by atoms with van der Waals surface area (Å²) in [6, 6.07) is 5.55. The lowest BCUT2D eigenvalue weighted by molar-refractivity contribution is -0.125. The van der Waals surface area contributed by atoms with Gasteiger partial charge in [0, 0.05) is 19.1 Å². The molecule has 0 saturated heterocycles. The maximum atomic E-state index is 11.7. The molecule has 2 rings (SSSR count). The number of aliphatic hydroxyl groups excluding tert-OH is 1. The van der Waals surface area contributed by atoms with Crippen LogP contribution in [0.4, 0.5) is 0 Å². The third kappa shape index (κ3) is 3.29. The van der Waals surface area contributed by atoms with Gasteiger partial charge in [-0.2, -0.15) is 0 Å². The van der Waals surface area contributed by atoms with Crippen molar-refractivity contribution in [2.24, 2.45) is 0 Å². The zero-order valence-corrected chi connectivity index (χ0v) is 11.9. The largest absolute Gasteiger partial charge is 0.493 e. The summed E-state index contributed by atoms with van der Waals surface area (Å²) in [6.07, 6.45) is 0.881. The number of carbonyl (C=O) groups is 1. The first kappa shape index (κ1) is 14.8. The number of methoxy groups -OCH3 is 1. The Kier molecular flexibility index (Phi) is 4.98. The molecule has 110 valence electrons. The Balaban J connectivity index is 2.21. The Hall–Kier alpha value is -1.59. The molecule has 2 atom stereocenters. The van der Waals surface area contributed by atoms with Gasteiger partial charge in [-0.3, -0.25) is 4.79 Å². The van der Waals surface area contributed by atoms with Gasteiger partial charge in [-0.1, -0.05) is 13.0 Å². The van der Waals surface area contributed by atoms with Gasteiger partial charge in [0.1, 0.15) is 12.4 Å². The van der Waals surface area contributed by atoms with Crippen LogP contribution in [0, 0.1) is 0 Å². The molecule has 20 heavy (non-hydrogen) atoms. The van der Waals surface area contributed by atoms with Crippen LogP contribution in [0.3, 0.4) is 0 Å². The van der Waals surface area contributed by atoms with Crippen molar-refractivity contribution in [2.45, 2.75) is 31.9 Å². The molecule has 0 radical (unpaired) electrons. The lowest BCUT2D eigenvalue weighted by Crippen LogP contribution is -2.34. The van der Waals surface area contributed by atoms with Crippen molar-refractivity contribution in [3.05, 3.63) is 29.3 Å². The summed E-state index contributed by atoms with van der Waals surface area (Å²) < 4.78 is 10.4. The van der Waals surface area contributed by atoms with Crippen LogP contribution in [0.25, 0.3) is 0 Å². The zero-order valence-electron chi connectivity index (χ0n) is 11.9. The van der Waals surface area contributed by atoms with Gasteiger partial charge in [-0.15, -0.1) is 0 Å². The van der Waals surface area contributed by atoms with Crippen LogP contribution in [-0.4, -0.2) is 31.3 Å². The predicted molar refractivity (Wildman–Crippen MR) is 74.6 cm³/mol. The molecule has 0 aliphatic carbocycles. The third-order valence-corrected chi connectivity index (χ3v) is 3.46. The van der Waals surface area contributed by atoms with Crippen LogP contribution in [-0.2, 0) is 9.53 Å². The predicted octanol–water partition coefficient (Wildman–Crippen LogP) is 1.72. The second-order valence-electron chi connectivity index (χ2n) is 4.91. The van der Waals surface area contributed by atoms with E-state index in [9.17, 15) is 9.90 Å². The fourth-order valence-electron chi connectivity index (χ4n) is 2.37. The van der Waals surface area contributed by atoms with Gasteiger partial charge in [0.05, 0.1) is 18.8 Å². The van der Waals surface area contributed by atoms with Gasteiger partial charge in [0.15, 0.2) is 0 Å². The van der Waals surface area contributed by atoms with Crippen molar-refractivity contribution in [1.29, 1.82) is 0 Å². The Morgan fingerprint density at radius 3 is 3.10 bits per heavy atom. The van der Waals surface area contributed by atoms with Gasteiger partial charge in [0.25, 0.3) is 0 Å². The standard InChI is InChI=1S/C15H21NO4/c1-3-13(17)10-4-5-14-11(8-10)12(6-7-20-14)16-15(18)9-19-2/h4-5,8,12-13,17H,3,6-7,9H2,1-2H3,(H,16,18). The molecule has 0 saturated carbocycles. The average Bonchev–Trinajstić information content (AvgIpc) is 2.46. The molecule has 0 fully saturated rings. The van der Waals surface area contributed by atoms with E-state index in [1.165, 1.54) is 7.11 Å². The van der Waals surface area contributed by atoms with Crippen LogP contribution in [0.2, 0.25) is 0 Å². The Bertz CT molecular complexity index is 475. The van der Waals surface area contributed by atoms with Crippen molar-refractivity contribution in [3.8, 4) is 5.75 Å². The molecule has 5 heteroatoms. The van der Waals surface area contributed by atoms with Crippen LogP contribution in [0.5, 0.6) is 5.75 Å². The van der Waals surface area contributed by atoms with Gasteiger partial charge in [-0.25, -0.2) is 0 Å². The maximum absolute atomic E-state index is 11.7. The summed E-state index contributed by atoms with van der Waals surface area (Å²) in [5.74, 6) is 0.623. The lowest BCUT2D eigenvalue weighted by atomic mass is 9.96. The van der Waals surface area contributed by atoms with E-state index in [1.54, 1.807) is 0 Å². The summed E-state index contributed by atoms with van der Waals surface area (Å²) in [6.45, 7) is 2.54. The molecule has 5 nitrogen and oxygen atoms in total. The molecular formula is C15H21NO4. The summed E-state index contributed by atoms with van der Waals surface area (Å²) in [7, 11) is 1.49. The van der Waals surface area contributed by atoms with Gasteiger partial charge < -0.3 is 19.9 Å². The third-order valence-electron chi connectivity index (χ3n) is 3.46. The molecule has 0 spiro atoms. The average molecular weight is 279 g/mol. The monoisotopic (exact) mass is 279 g/mol. The first-order valence-corrected chi connectivity index (χ1v) is 6.88. The van der Waals surface area contributed by atoms with Crippen LogP contribution >= 0.6 is 0 Å². The highest BCUT2D eigenvalue weighted by molar-refractivity contribution is 5.77. The number of ether oxygens (including phenoxy) is 2. The van der Waals surface area contributed by atoms with Gasteiger partial charge in [-0.05, 0) is 24.1 Å². The number of fused-ring (bicyclic) bond motifs is 1. The van der Waals surface area contributed by atoms with E-state index >= 15 is 0 Å². The van der Waals surface area contributed by atoms with Crippen molar-refractivity contribution in [2.75, 3.05) is 20.3 Å². The Labute approximate surface area is 118 Å². The molecule has 1 amide bonds. The molecule has 1 heterocycles. The highest BCUT2D eigenvalue weighted by Crippen LogP contribution is 2.34. The number of carbonyl (C=O) groups excluding carboxylic acids is 1. The van der Waals surface area contributed by atoms with Crippen LogP contribution in [0.1, 0.15) is 43.0 Å². The molecule has 1 aliphatic rings. The van der Waals surface area contributed by atoms with E-state index in [0.717, 1.165) is 16.9 Å². The fraction of sp³-hybridized carbons (Fsp3) is 0.533. The summed E-state index contributed by atoms with van der Waals surface area (Å²) in [4.78, 5) is 11.7. The zero-order chi connectivity index (χ0) is 14.5. The molecule has 1 aliphatic heterocycles. The summed E-state index contributed by atoms with van der Waals surface area (Å²) in [5.41, 5.74) is 1.77. The second kappa shape index (κ2) is 6.72. The number of aliphatic hydroxyl groups is 1. The van der Waals surface area contributed by atoms with Crippen LogP contribution < -0.4 is 10.1 Å². The minimum Gasteiger partial charge on any atom is -0.493 e. The van der Waals surface area contributed by atoms with E-state index in [2.05, 4.69) is 5.32 Å². The first-order chi connectivity index (χ1) is 9.65. The SMILES string of the molecule is CCC(O)c1ccc2c(c1)C(NC(=O)COC)CCO2. The van der Waals surface area contributed by atoms with E-state index in [1.807, 2.05) is 25.1 Å². The Morgan fingerprint density at radius 2 is 2.40 bits per heavy atom. The summed E-state index contributed by atoms with van der Waals surface area (Å²) >= 11 is 0. The van der Waals surface area contributed by atoms with Crippen molar-refractivity contribution >= 4 is 5.91 Å². The highest BCUT2D eigenvalue weighted by Gasteiger charge is 2.24. The summed E-state index contributed by atoms with van der Waals surface area (Å²) in [5, 5.41) is 12.9. The number of amides is 1. The van der Waals surface area contributed by atoms with Crippen molar-refractivity contribution in [1.82, 2.24) is 5.32 Å². The van der Waals surface area contributed by atoms with Gasteiger partial charge in [0.2, 0.25) is 5.91 Å². The topological polar surface area (TPSA) is 67.8 Å². The number of hydrogen-bond acceptors (Lipinski definition) is 4. The molecule has 1 aromatic carbocycles.